The molecular formula is C12H18N2O2. The number of carbonyl (C=O) groups is 1. The van der Waals surface area contributed by atoms with Crippen LogP contribution in [0.5, 0.6) is 0 Å². The second kappa shape index (κ2) is 5.09. The van der Waals surface area contributed by atoms with Crippen LogP contribution >= 0.6 is 0 Å². The molecule has 1 rings (SSSR count). The molecule has 1 aromatic rings. The highest BCUT2D eigenvalue weighted by atomic mass is 16.3. The van der Waals surface area contributed by atoms with Crippen molar-refractivity contribution in [3.8, 4) is 0 Å². The molecular weight excluding hydrogens is 204 g/mol. The number of aliphatic hydroxyl groups excluding tert-OH is 1. The molecule has 0 spiro atoms. The van der Waals surface area contributed by atoms with Gasteiger partial charge in [0.15, 0.2) is 0 Å². The van der Waals surface area contributed by atoms with Crippen LogP contribution in [0.25, 0.3) is 0 Å². The third kappa shape index (κ3) is 3.05. The molecule has 16 heavy (non-hydrogen) atoms. The molecule has 0 aliphatic heterocycles. The zero-order valence-corrected chi connectivity index (χ0v) is 9.66. The molecule has 0 fully saturated rings. The van der Waals surface area contributed by atoms with E-state index in [1.54, 1.807) is 31.2 Å². The summed E-state index contributed by atoms with van der Waals surface area (Å²) >= 11 is 0. The van der Waals surface area contributed by atoms with Gasteiger partial charge in [-0.25, -0.2) is 0 Å². The van der Waals surface area contributed by atoms with Gasteiger partial charge in [0, 0.05) is 5.69 Å². The fourth-order valence-electron chi connectivity index (χ4n) is 1.18. The Labute approximate surface area is 95.5 Å². The number of hydrogen-bond donors (Lipinski definition) is 3. The van der Waals surface area contributed by atoms with E-state index in [0.29, 0.717) is 12.1 Å². The highest BCUT2D eigenvalue weighted by molar-refractivity contribution is 5.97. The summed E-state index contributed by atoms with van der Waals surface area (Å²) in [7, 11) is 0. The van der Waals surface area contributed by atoms with E-state index in [9.17, 15) is 4.79 Å². The summed E-state index contributed by atoms with van der Waals surface area (Å²) < 4.78 is 0. The maximum absolute atomic E-state index is 11.8. The molecule has 0 aliphatic rings. The molecule has 0 bridgehead atoms. The van der Waals surface area contributed by atoms with Crippen molar-refractivity contribution in [2.24, 2.45) is 5.73 Å². The second-order valence-electron chi connectivity index (χ2n) is 4.08. The monoisotopic (exact) mass is 222 g/mol. The largest absolute Gasteiger partial charge is 0.392 e. The summed E-state index contributed by atoms with van der Waals surface area (Å²) in [6.07, 6.45) is 0.568. The molecule has 4 N–H and O–H groups in total. The van der Waals surface area contributed by atoms with E-state index in [2.05, 4.69) is 5.32 Å². The second-order valence-corrected chi connectivity index (χ2v) is 4.08. The molecule has 0 heterocycles. The van der Waals surface area contributed by atoms with Crippen molar-refractivity contribution in [1.29, 1.82) is 0 Å². The molecule has 4 nitrogen and oxygen atoms in total. The van der Waals surface area contributed by atoms with Gasteiger partial charge in [0.2, 0.25) is 5.91 Å². The Hall–Kier alpha value is -1.39. The summed E-state index contributed by atoms with van der Waals surface area (Å²) in [6, 6.07) is 7.06. The standard InChI is InChI=1S/C12H18N2O2/c1-3-12(2,13)11(16)14-10-6-4-5-9(7-10)8-15/h4-7,15H,3,8,13H2,1-2H3,(H,14,16). The molecule has 88 valence electrons. The highest BCUT2D eigenvalue weighted by Gasteiger charge is 2.25. The number of anilines is 1. The van der Waals surface area contributed by atoms with Crippen LogP contribution in [0.15, 0.2) is 24.3 Å². The first kappa shape index (κ1) is 12.7. The SMILES string of the molecule is CCC(C)(N)C(=O)Nc1cccc(CO)c1. The van der Waals surface area contributed by atoms with Gasteiger partial charge in [0.05, 0.1) is 12.1 Å². The first-order chi connectivity index (χ1) is 7.49. The Morgan fingerprint density at radius 1 is 1.56 bits per heavy atom. The smallest absolute Gasteiger partial charge is 0.244 e. The van der Waals surface area contributed by atoms with Gasteiger partial charge in [0.25, 0.3) is 0 Å². The number of amides is 1. The topological polar surface area (TPSA) is 75.4 Å². The van der Waals surface area contributed by atoms with Crippen molar-refractivity contribution in [3.63, 3.8) is 0 Å². The van der Waals surface area contributed by atoms with Gasteiger partial charge in [-0.3, -0.25) is 4.79 Å². The van der Waals surface area contributed by atoms with Gasteiger partial charge in [-0.05, 0) is 31.0 Å². The number of hydrogen-bond acceptors (Lipinski definition) is 3. The maximum atomic E-state index is 11.8. The number of nitrogens with one attached hydrogen (secondary N) is 1. The third-order valence-corrected chi connectivity index (χ3v) is 2.62. The van der Waals surface area contributed by atoms with Crippen LogP contribution < -0.4 is 11.1 Å². The molecule has 0 saturated heterocycles. The van der Waals surface area contributed by atoms with E-state index >= 15 is 0 Å². The van der Waals surface area contributed by atoms with Crippen LogP contribution in [0, 0.1) is 0 Å². The maximum Gasteiger partial charge on any atom is 0.244 e. The quantitative estimate of drug-likeness (QED) is 0.717. The Morgan fingerprint density at radius 2 is 2.25 bits per heavy atom. The summed E-state index contributed by atoms with van der Waals surface area (Å²) in [4.78, 5) is 11.8. The van der Waals surface area contributed by atoms with Crippen molar-refractivity contribution in [1.82, 2.24) is 0 Å². The number of benzene rings is 1. The lowest BCUT2D eigenvalue weighted by Gasteiger charge is -2.21. The van der Waals surface area contributed by atoms with E-state index in [1.807, 2.05) is 6.92 Å². The summed E-state index contributed by atoms with van der Waals surface area (Å²) in [6.45, 7) is 3.51. The molecule has 1 atom stereocenters. The van der Waals surface area contributed by atoms with Crippen molar-refractivity contribution < 1.29 is 9.90 Å². The summed E-state index contributed by atoms with van der Waals surface area (Å²) in [5, 5.41) is 11.7. The first-order valence-electron chi connectivity index (χ1n) is 5.29. The predicted octanol–water partition coefficient (Wildman–Crippen LogP) is 1.24. The molecule has 1 unspecified atom stereocenters. The number of aliphatic hydroxyl groups is 1. The van der Waals surface area contributed by atoms with Crippen LogP contribution in [0.1, 0.15) is 25.8 Å². The van der Waals surface area contributed by atoms with Crippen molar-refractivity contribution >= 4 is 11.6 Å². The van der Waals surface area contributed by atoms with Gasteiger partial charge in [-0.15, -0.1) is 0 Å². The van der Waals surface area contributed by atoms with Crippen LogP contribution in [-0.2, 0) is 11.4 Å². The van der Waals surface area contributed by atoms with E-state index in [1.165, 1.54) is 0 Å². The Morgan fingerprint density at radius 3 is 2.81 bits per heavy atom. The van der Waals surface area contributed by atoms with Gasteiger partial charge in [-0.2, -0.15) is 0 Å². The molecule has 1 amide bonds. The molecule has 1 aromatic carbocycles. The van der Waals surface area contributed by atoms with Crippen molar-refractivity contribution in [3.05, 3.63) is 29.8 Å². The van der Waals surface area contributed by atoms with Crippen molar-refractivity contribution in [2.75, 3.05) is 5.32 Å². The first-order valence-corrected chi connectivity index (χ1v) is 5.29. The van der Waals surface area contributed by atoms with Gasteiger partial charge in [0.1, 0.15) is 0 Å². The predicted molar refractivity (Wildman–Crippen MR) is 63.9 cm³/mol. The number of rotatable bonds is 4. The molecule has 0 radical (unpaired) electrons. The minimum Gasteiger partial charge on any atom is -0.392 e. The Bertz CT molecular complexity index is 375. The fraction of sp³-hybridized carbons (Fsp3) is 0.417. The van der Waals surface area contributed by atoms with E-state index in [-0.39, 0.29) is 12.5 Å². The Balaban J connectivity index is 2.77. The minimum absolute atomic E-state index is 0.0443. The average molecular weight is 222 g/mol. The molecule has 0 aromatic heterocycles. The van der Waals surface area contributed by atoms with E-state index in [4.69, 9.17) is 10.8 Å². The lowest BCUT2D eigenvalue weighted by Crippen LogP contribution is -2.47. The zero-order chi connectivity index (χ0) is 12.2. The summed E-state index contributed by atoms with van der Waals surface area (Å²) in [5.41, 5.74) is 6.36. The van der Waals surface area contributed by atoms with Crippen molar-refractivity contribution in [2.45, 2.75) is 32.4 Å². The minimum atomic E-state index is -0.866. The van der Waals surface area contributed by atoms with Gasteiger partial charge < -0.3 is 16.2 Å². The van der Waals surface area contributed by atoms with Crippen LogP contribution in [0.3, 0.4) is 0 Å². The van der Waals surface area contributed by atoms with E-state index < -0.39 is 5.54 Å². The Kier molecular flexibility index (Phi) is 4.04. The molecule has 0 saturated carbocycles. The van der Waals surface area contributed by atoms with Crippen LogP contribution in [0.2, 0.25) is 0 Å². The van der Waals surface area contributed by atoms with Gasteiger partial charge >= 0.3 is 0 Å². The number of nitrogens with two attached hydrogens (primary N) is 1. The van der Waals surface area contributed by atoms with Crippen LogP contribution in [0.4, 0.5) is 5.69 Å². The normalized spacial score (nSPS) is 14.2. The average Bonchev–Trinajstić information content (AvgIpc) is 2.29. The lowest BCUT2D eigenvalue weighted by molar-refractivity contribution is -0.120. The van der Waals surface area contributed by atoms with Crippen LogP contribution in [-0.4, -0.2) is 16.6 Å². The van der Waals surface area contributed by atoms with Gasteiger partial charge in [-0.1, -0.05) is 19.1 Å². The highest BCUT2D eigenvalue weighted by Crippen LogP contribution is 2.14. The lowest BCUT2D eigenvalue weighted by atomic mass is 9.99. The summed E-state index contributed by atoms with van der Waals surface area (Å²) in [5.74, 6) is -0.218. The zero-order valence-electron chi connectivity index (χ0n) is 9.66. The third-order valence-electron chi connectivity index (χ3n) is 2.62. The fourth-order valence-corrected chi connectivity index (χ4v) is 1.18. The molecule has 0 aliphatic carbocycles. The number of carbonyl (C=O) groups excluding carboxylic acids is 1. The molecule has 4 heteroatoms. The van der Waals surface area contributed by atoms with E-state index in [0.717, 1.165) is 5.56 Å².